The zero-order valence-corrected chi connectivity index (χ0v) is 13.3. The number of carbonyl (C=O) groups is 2. The van der Waals surface area contributed by atoms with Gasteiger partial charge in [0, 0.05) is 5.56 Å². The lowest BCUT2D eigenvalue weighted by atomic mass is 9.98. The summed E-state index contributed by atoms with van der Waals surface area (Å²) >= 11 is 0. The van der Waals surface area contributed by atoms with Gasteiger partial charge in [0.15, 0.2) is 0 Å². The van der Waals surface area contributed by atoms with Gasteiger partial charge < -0.3 is 10.4 Å². The fourth-order valence-electron chi connectivity index (χ4n) is 2.35. The molecule has 2 aromatic rings. The van der Waals surface area contributed by atoms with Crippen LogP contribution in [0.3, 0.4) is 0 Å². The van der Waals surface area contributed by atoms with Crippen molar-refractivity contribution < 1.29 is 14.7 Å². The number of hydrogen-bond donors (Lipinski definition) is 2. The molecule has 0 aliphatic carbocycles. The Morgan fingerprint density at radius 1 is 1.00 bits per heavy atom. The van der Waals surface area contributed by atoms with Gasteiger partial charge in [0.1, 0.15) is 6.04 Å². The maximum atomic E-state index is 12.3. The molecule has 0 bridgehead atoms. The van der Waals surface area contributed by atoms with Crippen molar-refractivity contribution in [2.75, 3.05) is 0 Å². The Balaban J connectivity index is 2.12. The fourth-order valence-corrected chi connectivity index (χ4v) is 2.35. The normalized spacial score (nSPS) is 13.1. The number of hydrogen-bond acceptors (Lipinski definition) is 2. The molecule has 4 heteroatoms. The summed E-state index contributed by atoms with van der Waals surface area (Å²) in [5.74, 6) is -1.49. The third kappa shape index (κ3) is 4.19. The minimum atomic E-state index is -1.01. The van der Waals surface area contributed by atoms with Crippen molar-refractivity contribution in [2.24, 2.45) is 5.92 Å². The van der Waals surface area contributed by atoms with Crippen LogP contribution in [0.4, 0.5) is 0 Å². The fraction of sp³-hybridized carbons (Fsp3) is 0.263. The lowest BCUT2D eigenvalue weighted by molar-refractivity contribution is -0.140. The largest absolute Gasteiger partial charge is 0.480 e. The van der Waals surface area contributed by atoms with Crippen molar-refractivity contribution >= 4 is 11.9 Å². The van der Waals surface area contributed by atoms with Crippen LogP contribution in [0.25, 0.3) is 11.1 Å². The molecule has 2 aromatic carbocycles. The highest BCUT2D eigenvalue weighted by atomic mass is 16.4. The minimum absolute atomic E-state index is 0.125. The zero-order chi connectivity index (χ0) is 16.8. The van der Waals surface area contributed by atoms with Gasteiger partial charge in [-0.3, -0.25) is 4.79 Å². The smallest absolute Gasteiger partial charge is 0.326 e. The van der Waals surface area contributed by atoms with E-state index in [2.05, 4.69) is 5.32 Å². The summed E-state index contributed by atoms with van der Waals surface area (Å²) in [5, 5.41) is 11.9. The minimum Gasteiger partial charge on any atom is -0.480 e. The molecule has 2 N–H and O–H groups in total. The Morgan fingerprint density at radius 2 is 1.57 bits per heavy atom. The number of amides is 1. The number of rotatable bonds is 6. The van der Waals surface area contributed by atoms with Crippen molar-refractivity contribution in [2.45, 2.75) is 26.3 Å². The van der Waals surface area contributed by atoms with Gasteiger partial charge in [0.25, 0.3) is 5.91 Å². The topological polar surface area (TPSA) is 66.4 Å². The Hall–Kier alpha value is -2.62. The molecule has 0 fully saturated rings. The van der Waals surface area contributed by atoms with Crippen LogP contribution in [0.1, 0.15) is 30.6 Å². The molecule has 2 rings (SSSR count). The summed E-state index contributed by atoms with van der Waals surface area (Å²) in [4.78, 5) is 23.5. The molecule has 0 saturated carbocycles. The standard InChI is InChI=1S/C19H21NO3/c1-3-13(2)17(19(22)23)20-18(21)16-11-9-15(10-12-16)14-7-5-4-6-8-14/h4-13,17H,3H2,1-2H3,(H,20,21)(H,22,23). The molecule has 2 unspecified atom stereocenters. The maximum Gasteiger partial charge on any atom is 0.326 e. The Kier molecular flexibility index (Phi) is 5.52. The lowest BCUT2D eigenvalue weighted by Crippen LogP contribution is -2.45. The van der Waals surface area contributed by atoms with E-state index in [9.17, 15) is 14.7 Å². The molecule has 0 radical (unpaired) electrons. The molecule has 23 heavy (non-hydrogen) atoms. The first-order valence-electron chi connectivity index (χ1n) is 7.72. The molecule has 120 valence electrons. The number of carboxylic acid groups (broad SMARTS) is 1. The van der Waals surface area contributed by atoms with Crippen LogP contribution < -0.4 is 5.32 Å². The summed E-state index contributed by atoms with van der Waals surface area (Å²) in [6, 6.07) is 16.1. The quantitative estimate of drug-likeness (QED) is 0.857. The van der Waals surface area contributed by atoms with Crippen molar-refractivity contribution in [1.82, 2.24) is 5.32 Å². The van der Waals surface area contributed by atoms with E-state index >= 15 is 0 Å². The van der Waals surface area contributed by atoms with E-state index in [1.54, 1.807) is 12.1 Å². The van der Waals surface area contributed by atoms with Gasteiger partial charge >= 0.3 is 5.97 Å². The van der Waals surface area contributed by atoms with Crippen LogP contribution in [-0.2, 0) is 4.79 Å². The van der Waals surface area contributed by atoms with E-state index in [0.29, 0.717) is 12.0 Å². The van der Waals surface area contributed by atoms with Crippen LogP contribution in [0.15, 0.2) is 54.6 Å². The first-order chi connectivity index (χ1) is 11.0. The average molecular weight is 311 g/mol. The SMILES string of the molecule is CCC(C)C(NC(=O)c1ccc(-c2ccccc2)cc1)C(=O)O. The van der Waals surface area contributed by atoms with Gasteiger partial charge in [-0.15, -0.1) is 0 Å². The molecule has 0 spiro atoms. The molecule has 0 aliphatic heterocycles. The molecular weight excluding hydrogens is 290 g/mol. The molecule has 0 heterocycles. The van der Waals surface area contributed by atoms with Crippen molar-refractivity contribution in [3.05, 3.63) is 60.2 Å². The van der Waals surface area contributed by atoms with Gasteiger partial charge in [-0.1, -0.05) is 62.7 Å². The highest BCUT2D eigenvalue weighted by Gasteiger charge is 2.25. The summed E-state index contributed by atoms with van der Waals surface area (Å²) in [7, 11) is 0. The van der Waals surface area contributed by atoms with Crippen LogP contribution >= 0.6 is 0 Å². The first kappa shape index (κ1) is 16.7. The van der Waals surface area contributed by atoms with E-state index < -0.39 is 12.0 Å². The van der Waals surface area contributed by atoms with E-state index in [1.165, 1.54) is 0 Å². The second-order valence-electron chi connectivity index (χ2n) is 5.62. The van der Waals surface area contributed by atoms with Crippen LogP contribution in [0, 0.1) is 5.92 Å². The third-order valence-electron chi connectivity index (χ3n) is 4.02. The predicted molar refractivity (Wildman–Crippen MR) is 90.2 cm³/mol. The Labute approximate surface area is 136 Å². The van der Waals surface area contributed by atoms with Crippen LogP contribution in [0.5, 0.6) is 0 Å². The van der Waals surface area contributed by atoms with Crippen molar-refractivity contribution in [3.8, 4) is 11.1 Å². The average Bonchev–Trinajstić information content (AvgIpc) is 2.59. The van der Waals surface area contributed by atoms with Gasteiger partial charge in [-0.05, 0) is 29.2 Å². The van der Waals surface area contributed by atoms with Gasteiger partial charge in [-0.25, -0.2) is 4.79 Å². The molecule has 0 saturated heterocycles. The molecule has 0 aromatic heterocycles. The van der Waals surface area contributed by atoms with Gasteiger partial charge in [0.2, 0.25) is 0 Å². The summed E-state index contributed by atoms with van der Waals surface area (Å²) in [6.07, 6.45) is 0.685. The molecule has 4 nitrogen and oxygen atoms in total. The van der Waals surface area contributed by atoms with Crippen molar-refractivity contribution in [3.63, 3.8) is 0 Å². The van der Waals surface area contributed by atoms with E-state index in [-0.39, 0.29) is 11.8 Å². The van der Waals surface area contributed by atoms with E-state index in [0.717, 1.165) is 11.1 Å². The number of benzene rings is 2. The highest BCUT2D eigenvalue weighted by molar-refractivity contribution is 5.97. The second kappa shape index (κ2) is 7.58. The molecule has 1 amide bonds. The summed E-state index contributed by atoms with van der Waals surface area (Å²) < 4.78 is 0. The Bertz CT molecular complexity index is 665. The lowest BCUT2D eigenvalue weighted by Gasteiger charge is -2.20. The van der Waals surface area contributed by atoms with Gasteiger partial charge in [0.05, 0.1) is 0 Å². The predicted octanol–water partition coefficient (Wildman–Crippen LogP) is 3.58. The zero-order valence-electron chi connectivity index (χ0n) is 13.3. The summed E-state index contributed by atoms with van der Waals surface area (Å²) in [6.45, 7) is 3.72. The second-order valence-corrected chi connectivity index (χ2v) is 5.62. The first-order valence-corrected chi connectivity index (χ1v) is 7.72. The van der Waals surface area contributed by atoms with Gasteiger partial charge in [-0.2, -0.15) is 0 Å². The molecule has 2 atom stereocenters. The number of carbonyl (C=O) groups excluding carboxylic acids is 1. The number of carboxylic acids is 1. The Morgan fingerprint density at radius 3 is 2.09 bits per heavy atom. The maximum absolute atomic E-state index is 12.3. The van der Waals surface area contributed by atoms with Crippen molar-refractivity contribution in [1.29, 1.82) is 0 Å². The molecule has 0 aliphatic rings. The van der Waals surface area contributed by atoms with Crippen LogP contribution in [0.2, 0.25) is 0 Å². The number of nitrogens with one attached hydrogen (secondary N) is 1. The van der Waals surface area contributed by atoms with Crippen LogP contribution in [-0.4, -0.2) is 23.0 Å². The monoisotopic (exact) mass is 311 g/mol. The number of aliphatic carboxylic acids is 1. The molecular formula is C19H21NO3. The highest BCUT2D eigenvalue weighted by Crippen LogP contribution is 2.19. The van der Waals surface area contributed by atoms with E-state index in [1.807, 2.05) is 56.3 Å². The summed E-state index contributed by atoms with van der Waals surface area (Å²) in [5.41, 5.74) is 2.54. The third-order valence-corrected chi connectivity index (χ3v) is 4.02. The van der Waals surface area contributed by atoms with E-state index in [4.69, 9.17) is 0 Å².